The summed E-state index contributed by atoms with van der Waals surface area (Å²) in [5, 5.41) is -0.640. The first kappa shape index (κ1) is 18.9. The highest BCUT2D eigenvalue weighted by Crippen LogP contribution is 2.35. The van der Waals surface area contributed by atoms with Gasteiger partial charge in [-0.05, 0) is 32.0 Å². The highest BCUT2D eigenvalue weighted by molar-refractivity contribution is 6.74. The van der Waals surface area contributed by atoms with Gasteiger partial charge in [-0.3, -0.25) is 0 Å². The van der Waals surface area contributed by atoms with E-state index in [2.05, 4.69) is 0 Å². The Labute approximate surface area is 123 Å². The van der Waals surface area contributed by atoms with Gasteiger partial charge in [0.1, 0.15) is 0 Å². The number of rotatable bonds is 5. The molecule has 0 bridgehead atoms. The molecule has 1 N–H and O–H groups in total. The van der Waals surface area contributed by atoms with Gasteiger partial charge in [-0.1, -0.05) is 0 Å². The second kappa shape index (κ2) is 6.57. The van der Waals surface area contributed by atoms with Crippen molar-refractivity contribution >= 4 is 14.0 Å². The Morgan fingerprint density at radius 3 is 1.50 bits per heavy atom. The Hall–Kier alpha value is -1.10. The summed E-state index contributed by atoms with van der Waals surface area (Å²) >= 11 is 0. The Morgan fingerprint density at radius 2 is 1.23 bits per heavy atom. The molecule has 0 spiro atoms. The zero-order chi connectivity index (χ0) is 17.2. The number of alkyl halides is 6. The van der Waals surface area contributed by atoms with Crippen LogP contribution in [0, 0.1) is 0 Å². The minimum atomic E-state index is -5.00. The average Bonchev–Trinajstić information content (AvgIpc) is 2.36. The summed E-state index contributed by atoms with van der Waals surface area (Å²) in [4.78, 5) is 10.2. The summed E-state index contributed by atoms with van der Waals surface area (Å²) < 4.78 is 86.5. The van der Waals surface area contributed by atoms with E-state index in [1.807, 2.05) is 0 Å². The van der Waals surface area contributed by atoms with Gasteiger partial charge in [0.2, 0.25) is 0 Å². The van der Waals surface area contributed by atoms with E-state index >= 15 is 0 Å². The van der Waals surface area contributed by atoms with Crippen LogP contribution >= 0.6 is 0 Å². The van der Waals surface area contributed by atoms with E-state index in [1.165, 1.54) is 13.8 Å². The normalized spacial score (nSPS) is 13.5. The Morgan fingerprint density at radius 1 is 0.864 bits per heavy atom. The molecule has 0 aromatic heterocycles. The first-order valence-electron chi connectivity index (χ1n) is 6.24. The van der Waals surface area contributed by atoms with E-state index in [4.69, 9.17) is 8.85 Å². The van der Waals surface area contributed by atoms with Gasteiger partial charge in [0.25, 0.3) is 0 Å². The van der Waals surface area contributed by atoms with E-state index in [-0.39, 0.29) is 19.3 Å². The van der Waals surface area contributed by atoms with E-state index in [0.29, 0.717) is 12.1 Å². The molecule has 22 heavy (non-hydrogen) atoms. The van der Waals surface area contributed by atoms with Crippen molar-refractivity contribution in [1.82, 2.24) is 0 Å². The van der Waals surface area contributed by atoms with Gasteiger partial charge >= 0.3 is 21.2 Å². The molecule has 0 amide bonds. The molecule has 1 aromatic carbocycles. The van der Waals surface area contributed by atoms with Crippen molar-refractivity contribution in [1.29, 1.82) is 0 Å². The minimum Gasteiger partial charge on any atom is -0.386 e. The van der Waals surface area contributed by atoms with Crippen LogP contribution < -0.4 is 5.19 Å². The molecule has 1 rings (SSSR count). The SMILES string of the molecule is CCO[Si](O)(OCC)c1cc(C(F)(F)F)cc(C(F)(F)F)c1. The van der Waals surface area contributed by atoms with Gasteiger partial charge in [0, 0.05) is 18.4 Å². The zero-order valence-corrected chi connectivity index (χ0v) is 12.7. The first-order valence-corrected chi connectivity index (χ1v) is 8.00. The molecule has 0 unspecified atom stereocenters. The molecule has 0 aliphatic carbocycles. The molecule has 0 saturated heterocycles. The third kappa shape index (κ3) is 4.45. The van der Waals surface area contributed by atoms with Crippen molar-refractivity contribution < 1.29 is 40.0 Å². The van der Waals surface area contributed by atoms with Crippen LogP contribution in [0.1, 0.15) is 25.0 Å². The Balaban J connectivity index is 3.52. The van der Waals surface area contributed by atoms with Crippen LogP contribution in [0.2, 0.25) is 0 Å². The summed E-state index contributed by atoms with van der Waals surface area (Å²) in [6, 6.07) is 0.829. The van der Waals surface area contributed by atoms with Crippen LogP contribution in [0.5, 0.6) is 0 Å². The van der Waals surface area contributed by atoms with Crippen molar-refractivity contribution in [3.05, 3.63) is 29.3 Å². The Bertz CT molecular complexity index is 476. The van der Waals surface area contributed by atoms with E-state index in [1.54, 1.807) is 0 Å². The predicted octanol–water partition coefficient (Wildman–Crippen LogP) is 2.94. The van der Waals surface area contributed by atoms with Crippen molar-refractivity contribution in [2.45, 2.75) is 26.2 Å². The molecular weight excluding hydrogens is 334 g/mol. The minimum absolute atomic E-state index is 0.0176. The fourth-order valence-electron chi connectivity index (χ4n) is 1.74. The Kier molecular flexibility index (Phi) is 5.65. The first-order chi connectivity index (χ1) is 9.94. The van der Waals surface area contributed by atoms with E-state index in [9.17, 15) is 31.1 Å². The van der Waals surface area contributed by atoms with Crippen LogP contribution in [-0.4, -0.2) is 26.8 Å². The van der Waals surface area contributed by atoms with Gasteiger partial charge < -0.3 is 13.6 Å². The second-order valence-electron chi connectivity index (χ2n) is 4.24. The van der Waals surface area contributed by atoms with Crippen molar-refractivity contribution in [3.8, 4) is 0 Å². The van der Waals surface area contributed by atoms with Crippen molar-refractivity contribution in [3.63, 3.8) is 0 Å². The summed E-state index contributed by atoms with van der Waals surface area (Å²) in [5.74, 6) is 0. The molecule has 0 saturated carbocycles. The number of benzene rings is 1. The molecule has 0 heterocycles. The highest BCUT2D eigenvalue weighted by atomic mass is 28.4. The van der Waals surface area contributed by atoms with Crippen LogP contribution in [-0.2, 0) is 21.2 Å². The number of hydrogen-bond donors (Lipinski definition) is 1. The molecular formula is C12H14F6O3Si. The number of halogens is 6. The molecule has 3 nitrogen and oxygen atoms in total. The van der Waals surface area contributed by atoms with Crippen LogP contribution in [0.4, 0.5) is 26.3 Å². The monoisotopic (exact) mass is 348 g/mol. The molecule has 0 fully saturated rings. The highest BCUT2D eigenvalue weighted by Gasteiger charge is 2.44. The molecule has 0 radical (unpaired) electrons. The molecule has 10 heteroatoms. The van der Waals surface area contributed by atoms with Crippen molar-refractivity contribution in [2.75, 3.05) is 13.2 Å². The lowest BCUT2D eigenvalue weighted by molar-refractivity contribution is -0.143. The molecule has 0 aliphatic heterocycles. The molecule has 0 aliphatic rings. The smallest absolute Gasteiger partial charge is 0.386 e. The lowest BCUT2D eigenvalue weighted by Gasteiger charge is -2.25. The van der Waals surface area contributed by atoms with Gasteiger partial charge in [-0.25, -0.2) is 0 Å². The van der Waals surface area contributed by atoms with Crippen LogP contribution in [0.3, 0.4) is 0 Å². The standard InChI is InChI=1S/C12H14F6O3Si/c1-3-20-22(19,21-4-2)10-6-8(11(13,14)15)5-9(7-10)12(16,17)18/h5-7,19H,3-4H2,1-2H3. The quantitative estimate of drug-likeness (QED) is 0.657. The summed E-state index contributed by atoms with van der Waals surface area (Å²) in [6.45, 7) is 2.63. The van der Waals surface area contributed by atoms with Gasteiger partial charge in [0.05, 0.1) is 11.1 Å². The maximum Gasteiger partial charge on any atom is 0.534 e. The van der Waals surface area contributed by atoms with Crippen LogP contribution in [0.15, 0.2) is 18.2 Å². The van der Waals surface area contributed by atoms with Gasteiger partial charge in [-0.2, -0.15) is 26.3 Å². The third-order valence-corrected chi connectivity index (χ3v) is 5.01. The molecule has 1 aromatic rings. The summed E-state index contributed by atoms with van der Waals surface area (Å²) in [5.41, 5.74) is -3.05. The topological polar surface area (TPSA) is 38.7 Å². The predicted molar refractivity (Wildman–Crippen MR) is 67.3 cm³/mol. The number of hydrogen-bond acceptors (Lipinski definition) is 3. The van der Waals surface area contributed by atoms with Crippen molar-refractivity contribution in [2.24, 2.45) is 0 Å². The molecule has 126 valence electrons. The second-order valence-corrected chi connectivity index (χ2v) is 6.56. The lowest BCUT2D eigenvalue weighted by atomic mass is 10.1. The summed E-state index contributed by atoms with van der Waals surface area (Å²) in [7, 11) is -4.35. The maximum atomic E-state index is 12.8. The van der Waals surface area contributed by atoms with Crippen LogP contribution in [0.25, 0.3) is 0 Å². The fourth-order valence-corrected chi connectivity index (χ4v) is 3.61. The molecule has 0 atom stereocenters. The van der Waals surface area contributed by atoms with E-state index in [0.717, 1.165) is 0 Å². The van der Waals surface area contributed by atoms with E-state index < -0.39 is 37.5 Å². The van der Waals surface area contributed by atoms with Gasteiger partial charge in [0.15, 0.2) is 0 Å². The maximum absolute atomic E-state index is 12.8. The zero-order valence-electron chi connectivity index (χ0n) is 11.7. The summed E-state index contributed by atoms with van der Waals surface area (Å²) in [6.07, 6.45) is -9.99. The average molecular weight is 348 g/mol. The fraction of sp³-hybridized carbons (Fsp3) is 0.500. The largest absolute Gasteiger partial charge is 0.534 e. The lowest BCUT2D eigenvalue weighted by Crippen LogP contribution is -2.55. The third-order valence-electron chi connectivity index (χ3n) is 2.63. The van der Waals surface area contributed by atoms with Gasteiger partial charge in [-0.15, -0.1) is 0 Å².